The van der Waals surface area contributed by atoms with E-state index in [1.165, 1.54) is 5.56 Å². The van der Waals surface area contributed by atoms with Gasteiger partial charge in [-0.25, -0.2) is 9.59 Å². The second kappa shape index (κ2) is 14.2. The molecule has 1 aliphatic heterocycles. The van der Waals surface area contributed by atoms with E-state index in [4.69, 9.17) is 14.7 Å². The number of hydrogen-bond acceptors (Lipinski definition) is 8. The summed E-state index contributed by atoms with van der Waals surface area (Å²) in [6, 6.07) is 14.2. The number of carboxylic acids is 2. The van der Waals surface area contributed by atoms with Crippen LogP contribution in [0.4, 0.5) is 0 Å². The van der Waals surface area contributed by atoms with Gasteiger partial charge in [-0.3, -0.25) is 14.7 Å². The first-order valence-corrected chi connectivity index (χ1v) is 11.8. The monoisotopic (exact) mass is 507 g/mol. The SMILES string of the molecule is O=C(NCCC1CCN(Cc2ccccc2)CC1)c1noc(-c2cccnc2)n1.O=C(O)C=CC(=O)O. The lowest BCUT2D eigenvalue weighted by Gasteiger charge is -2.32. The molecule has 11 nitrogen and oxygen atoms in total. The van der Waals surface area contributed by atoms with E-state index in [-0.39, 0.29) is 11.7 Å². The Morgan fingerprint density at radius 2 is 1.73 bits per heavy atom. The Balaban J connectivity index is 0.000000414. The van der Waals surface area contributed by atoms with Gasteiger partial charge in [0.25, 0.3) is 17.6 Å². The standard InChI is InChI=1S/C22H25N5O2.C4H4O4/c28-21(20-25-22(29-26-20)19-7-4-11-23-15-19)24-12-8-17-9-13-27(14-10-17)16-18-5-2-1-3-6-18;5-3(6)1-2-4(7)8/h1-7,11,15,17H,8-10,12-14,16H2,(H,24,28);1-2H,(H,5,6)(H,7,8). The number of amides is 1. The summed E-state index contributed by atoms with van der Waals surface area (Å²) in [4.78, 5) is 42.0. The lowest BCUT2D eigenvalue weighted by Crippen LogP contribution is -2.35. The Labute approximate surface area is 213 Å². The lowest BCUT2D eigenvalue weighted by molar-refractivity contribution is -0.134. The number of hydrogen-bond donors (Lipinski definition) is 3. The highest BCUT2D eigenvalue weighted by atomic mass is 16.5. The lowest BCUT2D eigenvalue weighted by atomic mass is 9.93. The van der Waals surface area contributed by atoms with E-state index in [1.54, 1.807) is 18.5 Å². The number of piperidine rings is 1. The Bertz CT molecular complexity index is 1160. The van der Waals surface area contributed by atoms with E-state index in [0.717, 1.165) is 38.9 Å². The molecule has 4 rings (SSSR count). The van der Waals surface area contributed by atoms with Crippen molar-refractivity contribution >= 4 is 17.8 Å². The number of carboxylic acid groups (broad SMARTS) is 2. The van der Waals surface area contributed by atoms with E-state index >= 15 is 0 Å². The minimum atomic E-state index is -1.26. The zero-order chi connectivity index (χ0) is 26.5. The molecular formula is C26H29N5O6. The third-order valence-corrected chi connectivity index (χ3v) is 5.70. The molecule has 1 aromatic carbocycles. The smallest absolute Gasteiger partial charge is 0.328 e. The summed E-state index contributed by atoms with van der Waals surface area (Å²) >= 11 is 0. The Morgan fingerprint density at radius 3 is 2.35 bits per heavy atom. The molecule has 194 valence electrons. The summed E-state index contributed by atoms with van der Waals surface area (Å²) in [6.45, 7) is 3.85. The second-order valence-corrected chi connectivity index (χ2v) is 8.42. The molecule has 3 heterocycles. The van der Waals surface area contributed by atoms with Crippen LogP contribution in [0, 0.1) is 5.92 Å². The van der Waals surface area contributed by atoms with Gasteiger partial charge in [0.2, 0.25) is 0 Å². The molecule has 0 aliphatic carbocycles. The van der Waals surface area contributed by atoms with Crippen molar-refractivity contribution in [1.82, 2.24) is 25.3 Å². The number of nitrogens with one attached hydrogen (secondary N) is 1. The van der Waals surface area contributed by atoms with Gasteiger partial charge in [0.1, 0.15) is 0 Å². The van der Waals surface area contributed by atoms with E-state index in [9.17, 15) is 14.4 Å². The first-order valence-electron chi connectivity index (χ1n) is 11.8. The van der Waals surface area contributed by atoms with Crippen molar-refractivity contribution in [1.29, 1.82) is 0 Å². The van der Waals surface area contributed by atoms with Gasteiger partial charge in [-0.05, 0) is 56.0 Å². The van der Waals surface area contributed by atoms with Crippen LogP contribution < -0.4 is 5.32 Å². The molecule has 0 spiro atoms. The van der Waals surface area contributed by atoms with Crippen molar-refractivity contribution in [3.63, 3.8) is 0 Å². The fourth-order valence-electron chi connectivity index (χ4n) is 3.81. The number of aliphatic carboxylic acids is 2. The van der Waals surface area contributed by atoms with Gasteiger partial charge in [0.15, 0.2) is 0 Å². The summed E-state index contributed by atoms with van der Waals surface area (Å²) < 4.78 is 5.16. The van der Waals surface area contributed by atoms with Gasteiger partial charge in [0.05, 0.1) is 5.56 Å². The number of carbonyl (C=O) groups excluding carboxylic acids is 1. The maximum atomic E-state index is 12.3. The van der Waals surface area contributed by atoms with E-state index in [0.29, 0.717) is 36.1 Å². The van der Waals surface area contributed by atoms with Gasteiger partial charge in [0, 0.05) is 37.6 Å². The van der Waals surface area contributed by atoms with Crippen LogP contribution in [-0.2, 0) is 16.1 Å². The van der Waals surface area contributed by atoms with Crippen LogP contribution >= 0.6 is 0 Å². The molecule has 0 atom stereocenters. The summed E-state index contributed by atoms with van der Waals surface area (Å²) in [5.41, 5.74) is 2.06. The Kier molecular flexibility index (Phi) is 10.5. The van der Waals surface area contributed by atoms with E-state index in [1.807, 2.05) is 6.07 Å². The molecule has 2 aromatic heterocycles. The molecule has 1 saturated heterocycles. The third-order valence-electron chi connectivity index (χ3n) is 5.70. The summed E-state index contributed by atoms with van der Waals surface area (Å²) in [7, 11) is 0. The molecule has 0 saturated carbocycles. The molecule has 3 N–H and O–H groups in total. The van der Waals surface area contributed by atoms with E-state index < -0.39 is 11.9 Å². The Morgan fingerprint density at radius 1 is 1.03 bits per heavy atom. The van der Waals surface area contributed by atoms with Crippen LogP contribution in [0.15, 0.2) is 71.5 Å². The number of pyridine rings is 1. The highest BCUT2D eigenvalue weighted by Gasteiger charge is 2.20. The number of likely N-dealkylation sites (tertiary alicyclic amines) is 1. The van der Waals surface area contributed by atoms with Crippen molar-refractivity contribution in [2.45, 2.75) is 25.8 Å². The third kappa shape index (κ3) is 9.65. The largest absolute Gasteiger partial charge is 0.478 e. The van der Waals surface area contributed by atoms with Gasteiger partial charge in [-0.2, -0.15) is 4.98 Å². The highest BCUT2D eigenvalue weighted by Crippen LogP contribution is 2.21. The molecule has 1 fully saturated rings. The fourth-order valence-corrected chi connectivity index (χ4v) is 3.81. The minimum Gasteiger partial charge on any atom is -0.478 e. The quantitative estimate of drug-likeness (QED) is 0.368. The van der Waals surface area contributed by atoms with Crippen LogP contribution in [-0.4, -0.2) is 67.7 Å². The fraction of sp³-hybridized carbons (Fsp3) is 0.308. The molecule has 11 heteroatoms. The predicted octanol–water partition coefficient (Wildman–Crippen LogP) is 2.88. The molecule has 0 unspecified atom stereocenters. The van der Waals surface area contributed by atoms with Crippen LogP contribution in [0.5, 0.6) is 0 Å². The second-order valence-electron chi connectivity index (χ2n) is 8.42. The first kappa shape index (κ1) is 27.2. The Hall–Kier alpha value is -4.38. The average molecular weight is 508 g/mol. The summed E-state index contributed by atoms with van der Waals surface area (Å²) in [5, 5.41) is 22.3. The number of rotatable bonds is 9. The van der Waals surface area contributed by atoms with Crippen LogP contribution in [0.2, 0.25) is 0 Å². The molecule has 3 aromatic rings. The van der Waals surface area contributed by atoms with Crippen molar-refractivity contribution in [2.75, 3.05) is 19.6 Å². The van der Waals surface area contributed by atoms with Crippen molar-refractivity contribution in [2.24, 2.45) is 5.92 Å². The molecule has 37 heavy (non-hydrogen) atoms. The first-order chi connectivity index (χ1) is 17.9. The zero-order valence-corrected chi connectivity index (χ0v) is 20.2. The topological polar surface area (TPSA) is 159 Å². The zero-order valence-electron chi connectivity index (χ0n) is 20.2. The van der Waals surface area contributed by atoms with Gasteiger partial charge >= 0.3 is 11.9 Å². The van der Waals surface area contributed by atoms with Crippen LogP contribution in [0.3, 0.4) is 0 Å². The minimum absolute atomic E-state index is 0.0570. The normalized spacial score (nSPS) is 14.1. The molecule has 0 radical (unpaired) electrons. The van der Waals surface area contributed by atoms with E-state index in [2.05, 4.69) is 55.7 Å². The van der Waals surface area contributed by atoms with Crippen LogP contribution in [0.25, 0.3) is 11.5 Å². The maximum Gasteiger partial charge on any atom is 0.328 e. The summed E-state index contributed by atoms with van der Waals surface area (Å²) in [5.74, 6) is -1.82. The highest BCUT2D eigenvalue weighted by molar-refractivity contribution is 5.90. The van der Waals surface area contributed by atoms with Gasteiger partial charge in [-0.15, -0.1) is 0 Å². The van der Waals surface area contributed by atoms with Gasteiger partial charge in [-0.1, -0.05) is 35.5 Å². The summed E-state index contributed by atoms with van der Waals surface area (Å²) in [6.07, 6.45) is 7.70. The molecule has 1 amide bonds. The number of aromatic nitrogens is 3. The van der Waals surface area contributed by atoms with Crippen molar-refractivity contribution < 1.29 is 29.1 Å². The molecule has 1 aliphatic rings. The number of benzene rings is 1. The number of nitrogens with zero attached hydrogens (tertiary/aromatic N) is 4. The maximum absolute atomic E-state index is 12.3. The van der Waals surface area contributed by atoms with Crippen LogP contribution in [0.1, 0.15) is 35.4 Å². The average Bonchev–Trinajstić information content (AvgIpc) is 3.41. The molecule has 0 bridgehead atoms. The molecular weight excluding hydrogens is 478 g/mol. The van der Waals surface area contributed by atoms with Gasteiger partial charge < -0.3 is 20.1 Å². The van der Waals surface area contributed by atoms with Crippen molar-refractivity contribution in [3.8, 4) is 11.5 Å². The number of carbonyl (C=O) groups is 3. The van der Waals surface area contributed by atoms with Crippen molar-refractivity contribution in [3.05, 3.63) is 78.4 Å². The predicted molar refractivity (Wildman–Crippen MR) is 133 cm³/mol.